The van der Waals surface area contributed by atoms with Crippen LogP contribution in [0.25, 0.3) is 0 Å². The first-order chi connectivity index (χ1) is 12.5. The Bertz CT molecular complexity index is 794. The van der Waals surface area contributed by atoms with Crippen molar-refractivity contribution < 1.29 is 9.59 Å². The number of benzene rings is 1. The lowest BCUT2D eigenvalue weighted by Crippen LogP contribution is -2.13. The van der Waals surface area contributed by atoms with Crippen molar-refractivity contribution in [2.45, 2.75) is 64.7 Å². The Labute approximate surface area is 158 Å². The summed E-state index contributed by atoms with van der Waals surface area (Å²) in [5, 5.41) is 12.7. The van der Waals surface area contributed by atoms with Crippen LogP contribution in [0.1, 0.15) is 77.4 Å². The van der Waals surface area contributed by atoms with E-state index in [-0.39, 0.29) is 24.5 Å². The maximum absolute atomic E-state index is 12.3. The van der Waals surface area contributed by atoms with Gasteiger partial charge in [0.2, 0.25) is 11.0 Å². The van der Waals surface area contributed by atoms with E-state index in [0.717, 1.165) is 29.0 Å². The van der Waals surface area contributed by atoms with E-state index >= 15 is 0 Å². The second-order valence-electron chi connectivity index (χ2n) is 7.05. The maximum Gasteiger partial charge on any atom is 0.226 e. The minimum atomic E-state index is -0.187. The molecule has 1 heterocycles. The molecule has 0 unspecified atom stereocenters. The van der Waals surface area contributed by atoms with E-state index in [1.165, 1.54) is 30.6 Å². The third-order valence-corrected chi connectivity index (χ3v) is 6.05. The molecule has 1 aliphatic carbocycles. The molecule has 138 valence electrons. The van der Waals surface area contributed by atoms with Crippen molar-refractivity contribution in [2.24, 2.45) is 0 Å². The van der Waals surface area contributed by atoms with Gasteiger partial charge in [0.15, 0.2) is 5.78 Å². The van der Waals surface area contributed by atoms with E-state index in [4.69, 9.17) is 0 Å². The van der Waals surface area contributed by atoms with E-state index in [2.05, 4.69) is 15.5 Å². The molecule has 0 radical (unpaired) electrons. The van der Waals surface area contributed by atoms with Crippen molar-refractivity contribution in [3.8, 4) is 0 Å². The first-order valence-electron chi connectivity index (χ1n) is 9.26. The zero-order valence-electron chi connectivity index (χ0n) is 15.4. The zero-order valence-corrected chi connectivity index (χ0v) is 16.2. The van der Waals surface area contributed by atoms with Crippen molar-refractivity contribution in [1.82, 2.24) is 10.2 Å². The Balaban J connectivity index is 1.50. The number of anilines is 1. The molecule has 0 atom stereocenters. The summed E-state index contributed by atoms with van der Waals surface area (Å²) in [5.41, 5.74) is 2.91. The minimum Gasteiger partial charge on any atom is -0.301 e. The van der Waals surface area contributed by atoms with Gasteiger partial charge in [0.25, 0.3) is 0 Å². The molecule has 1 amide bonds. The average Bonchev–Trinajstić information content (AvgIpc) is 3.11. The van der Waals surface area contributed by atoms with E-state index < -0.39 is 0 Å². The van der Waals surface area contributed by atoms with E-state index in [1.54, 1.807) is 0 Å². The summed E-state index contributed by atoms with van der Waals surface area (Å²) in [6.45, 7) is 4.00. The molecular formula is C20H25N3O2S. The molecule has 1 saturated carbocycles. The fourth-order valence-electron chi connectivity index (χ4n) is 3.27. The molecule has 1 aliphatic rings. The monoisotopic (exact) mass is 371 g/mol. The molecule has 1 aromatic carbocycles. The molecule has 2 aromatic rings. The first kappa shape index (κ1) is 18.7. The summed E-state index contributed by atoms with van der Waals surface area (Å²) in [6, 6.07) is 5.65. The van der Waals surface area contributed by atoms with Crippen LogP contribution in [-0.4, -0.2) is 21.9 Å². The molecule has 0 bridgehead atoms. The highest BCUT2D eigenvalue weighted by Crippen LogP contribution is 2.35. The molecule has 1 aromatic heterocycles. The van der Waals surface area contributed by atoms with Gasteiger partial charge in [-0.2, -0.15) is 0 Å². The summed E-state index contributed by atoms with van der Waals surface area (Å²) in [6.07, 6.45) is 6.46. The largest absolute Gasteiger partial charge is 0.301 e. The predicted molar refractivity (Wildman–Crippen MR) is 104 cm³/mol. The number of carbonyl (C=O) groups excluding carboxylic acids is 2. The molecule has 3 rings (SSSR count). The van der Waals surface area contributed by atoms with E-state index in [1.807, 2.05) is 32.0 Å². The Hall–Kier alpha value is -2.08. The van der Waals surface area contributed by atoms with Crippen LogP contribution >= 0.6 is 11.3 Å². The second kappa shape index (κ2) is 8.54. The Kier molecular flexibility index (Phi) is 6.14. The lowest BCUT2D eigenvalue weighted by atomic mass is 9.90. The summed E-state index contributed by atoms with van der Waals surface area (Å²) in [4.78, 5) is 24.4. The SMILES string of the molecule is Cc1ccc(C(=O)CCC(=O)Nc2nnc(C3CCCCC3)s2)cc1C. The van der Waals surface area contributed by atoms with Crippen LogP contribution in [0.3, 0.4) is 0 Å². The Morgan fingerprint density at radius 1 is 1.08 bits per heavy atom. The average molecular weight is 372 g/mol. The zero-order chi connectivity index (χ0) is 18.5. The molecule has 0 spiro atoms. The highest BCUT2D eigenvalue weighted by molar-refractivity contribution is 7.15. The van der Waals surface area contributed by atoms with Crippen LogP contribution in [0.2, 0.25) is 0 Å². The van der Waals surface area contributed by atoms with E-state index in [9.17, 15) is 9.59 Å². The van der Waals surface area contributed by atoms with Gasteiger partial charge in [-0.3, -0.25) is 9.59 Å². The topological polar surface area (TPSA) is 72.0 Å². The van der Waals surface area contributed by atoms with Gasteiger partial charge >= 0.3 is 0 Å². The molecule has 5 nitrogen and oxygen atoms in total. The lowest BCUT2D eigenvalue weighted by Gasteiger charge is -2.18. The quantitative estimate of drug-likeness (QED) is 0.740. The molecule has 6 heteroatoms. The third-order valence-electron chi connectivity index (χ3n) is 5.05. The number of ketones is 1. The van der Waals surface area contributed by atoms with E-state index in [0.29, 0.717) is 16.6 Å². The van der Waals surface area contributed by atoms with Crippen molar-refractivity contribution in [1.29, 1.82) is 0 Å². The van der Waals surface area contributed by atoms with Gasteiger partial charge in [-0.15, -0.1) is 10.2 Å². The second-order valence-corrected chi connectivity index (χ2v) is 8.06. The molecule has 1 fully saturated rings. The number of nitrogens with zero attached hydrogens (tertiary/aromatic N) is 2. The molecular weight excluding hydrogens is 346 g/mol. The molecule has 0 saturated heterocycles. The number of hydrogen-bond donors (Lipinski definition) is 1. The summed E-state index contributed by atoms with van der Waals surface area (Å²) < 4.78 is 0. The van der Waals surface area contributed by atoms with Gasteiger partial charge < -0.3 is 5.32 Å². The smallest absolute Gasteiger partial charge is 0.226 e. The number of rotatable bonds is 6. The standard InChI is InChI=1S/C20H25N3O2S/c1-13-8-9-16(12-14(13)2)17(24)10-11-18(25)21-20-23-22-19(26-20)15-6-4-3-5-7-15/h8-9,12,15H,3-7,10-11H2,1-2H3,(H,21,23,25). The predicted octanol–water partition coefficient (Wildman–Crippen LogP) is 4.80. The van der Waals surface area contributed by atoms with Crippen LogP contribution in [0, 0.1) is 13.8 Å². The third kappa shape index (κ3) is 4.75. The number of amides is 1. The van der Waals surface area contributed by atoms with Crippen molar-refractivity contribution >= 4 is 28.2 Å². The van der Waals surface area contributed by atoms with Crippen molar-refractivity contribution in [2.75, 3.05) is 5.32 Å². The lowest BCUT2D eigenvalue weighted by molar-refractivity contribution is -0.116. The van der Waals surface area contributed by atoms with Gasteiger partial charge in [-0.05, 0) is 43.9 Å². The summed E-state index contributed by atoms with van der Waals surface area (Å²) in [5.74, 6) is 0.287. The van der Waals surface area contributed by atoms with Crippen LogP contribution in [0.5, 0.6) is 0 Å². The number of hydrogen-bond acceptors (Lipinski definition) is 5. The molecule has 26 heavy (non-hydrogen) atoms. The van der Waals surface area contributed by atoms with Crippen LogP contribution in [-0.2, 0) is 4.79 Å². The number of Topliss-reactive ketones (excluding diaryl/α,β-unsaturated/α-hetero) is 1. The van der Waals surface area contributed by atoms with Crippen LogP contribution in [0.4, 0.5) is 5.13 Å². The first-order valence-corrected chi connectivity index (χ1v) is 10.1. The van der Waals surface area contributed by atoms with Gasteiger partial charge in [0.1, 0.15) is 5.01 Å². The number of nitrogens with one attached hydrogen (secondary N) is 1. The fraction of sp³-hybridized carbons (Fsp3) is 0.500. The van der Waals surface area contributed by atoms with Gasteiger partial charge in [-0.25, -0.2) is 0 Å². The van der Waals surface area contributed by atoms with Crippen molar-refractivity contribution in [3.63, 3.8) is 0 Å². The summed E-state index contributed by atoms with van der Waals surface area (Å²) in [7, 11) is 0. The fourth-order valence-corrected chi connectivity index (χ4v) is 4.20. The van der Waals surface area contributed by atoms with Gasteiger partial charge in [-0.1, -0.05) is 42.7 Å². The maximum atomic E-state index is 12.3. The Morgan fingerprint density at radius 3 is 2.58 bits per heavy atom. The minimum absolute atomic E-state index is 0.0107. The van der Waals surface area contributed by atoms with Gasteiger partial charge in [0.05, 0.1) is 0 Å². The highest BCUT2D eigenvalue weighted by Gasteiger charge is 2.20. The Morgan fingerprint density at radius 2 is 1.85 bits per heavy atom. The number of carbonyl (C=O) groups is 2. The van der Waals surface area contributed by atoms with Crippen LogP contribution < -0.4 is 5.32 Å². The number of aryl methyl sites for hydroxylation is 2. The van der Waals surface area contributed by atoms with Crippen molar-refractivity contribution in [3.05, 3.63) is 39.9 Å². The highest BCUT2D eigenvalue weighted by atomic mass is 32.1. The van der Waals surface area contributed by atoms with Gasteiger partial charge in [0, 0.05) is 24.3 Å². The molecule has 1 N–H and O–H groups in total. The van der Waals surface area contributed by atoms with Crippen LogP contribution in [0.15, 0.2) is 18.2 Å². The summed E-state index contributed by atoms with van der Waals surface area (Å²) >= 11 is 1.46. The number of aromatic nitrogens is 2. The normalized spacial score (nSPS) is 15.0. The molecule has 0 aliphatic heterocycles.